The number of aryl methyl sites for hydroxylation is 2. The summed E-state index contributed by atoms with van der Waals surface area (Å²) in [5.41, 5.74) is 1.80. The molecule has 0 unspecified atom stereocenters. The summed E-state index contributed by atoms with van der Waals surface area (Å²) >= 11 is 1.48. The lowest BCUT2D eigenvalue weighted by molar-refractivity contribution is 0.409. The second kappa shape index (κ2) is 5.76. The Kier molecular flexibility index (Phi) is 3.81. The Balaban J connectivity index is 2.14. The Morgan fingerprint density at radius 2 is 1.77 bits per heavy atom. The Morgan fingerprint density at radius 1 is 1.05 bits per heavy atom. The minimum absolute atomic E-state index is 0.702. The third-order valence-corrected chi connectivity index (χ3v) is 4.04. The molecule has 3 rings (SSSR count). The third kappa shape index (κ3) is 2.55. The van der Waals surface area contributed by atoms with Gasteiger partial charge in [0.1, 0.15) is 27.8 Å². The molecule has 0 spiro atoms. The van der Waals surface area contributed by atoms with Gasteiger partial charge in [-0.1, -0.05) is 11.3 Å². The monoisotopic (exact) mass is 316 g/mol. The Hall–Kier alpha value is -2.41. The van der Waals surface area contributed by atoms with Gasteiger partial charge < -0.3 is 14.8 Å². The number of ether oxygens (including phenoxy) is 2. The van der Waals surface area contributed by atoms with Gasteiger partial charge in [0.2, 0.25) is 5.13 Å². The number of pyridine rings is 1. The van der Waals surface area contributed by atoms with Crippen LogP contribution in [0.3, 0.4) is 0 Å². The van der Waals surface area contributed by atoms with Crippen molar-refractivity contribution in [3.05, 3.63) is 28.8 Å². The molecule has 0 bridgehead atoms. The Morgan fingerprint density at radius 3 is 2.41 bits per heavy atom. The van der Waals surface area contributed by atoms with E-state index in [9.17, 15) is 0 Å². The Bertz CT molecular complexity index is 832. The maximum Gasteiger partial charge on any atom is 0.211 e. The normalized spacial score (nSPS) is 10.7. The zero-order chi connectivity index (χ0) is 15.7. The molecule has 0 aliphatic heterocycles. The van der Waals surface area contributed by atoms with Crippen LogP contribution in [0.5, 0.6) is 11.5 Å². The van der Waals surface area contributed by atoms with E-state index in [1.807, 2.05) is 32.0 Å². The second-order valence-corrected chi connectivity index (χ2v) is 5.95. The quantitative estimate of drug-likeness (QED) is 0.795. The number of fused-ring (bicyclic) bond motifs is 1. The predicted molar refractivity (Wildman–Crippen MR) is 87.5 cm³/mol. The number of anilines is 2. The van der Waals surface area contributed by atoms with Crippen molar-refractivity contribution in [1.82, 2.24) is 15.2 Å². The van der Waals surface area contributed by atoms with E-state index in [1.54, 1.807) is 14.2 Å². The van der Waals surface area contributed by atoms with Crippen molar-refractivity contribution in [1.29, 1.82) is 0 Å². The van der Waals surface area contributed by atoms with Crippen LogP contribution in [0.25, 0.3) is 10.9 Å². The van der Waals surface area contributed by atoms with Crippen LogP contribution in [0, 0.1) is 13.8 Å². The Labute approximate surface area is 132 Å². The largest absolute Gasteiger partial charge is 0.496 e. The van der Waals surface area contributed by atoms with E-state index < -0.39 is 0 Å². The maximum atomic E-state index is 5.43. The summed E-state index contributed by atoms with van der Waals surface area (Å²) in [6.07, 6.45) is 0. The molecule has 0 amide bonds. The summed E-state index contributed by atoms with van der Waals surface area (Å²) in [4.78, 5) is 4.64. The summed E-state index contributed by atoms with van der Waals surface area (Å²) in [6, 6.07) is 5.70. The fourth-order valence-electron chi connectivity index (χ4n) is 2.33. The van der Waals surface area contributed by atoms with Crippen LogP contribution in [0.2, 0.25) is 0 Å². The van der Waals surface area contributed by atoms with Gasteiger partial charge in [0.05, 0.1) is 14.2 Å². The van der Waals surface area contributed by atoms with Crippen LogP contribution in [0.1, 0.15) is 10.6 Å². The lowest BCUT2D eigenvalue weighted by Gasteiger charge is -2.13. The highest BCUT2D eigenvalue weighted by Gasteiger charge is 2.13. The van der Waals surface area contributed by atoms with Crippen molar-refractivity contribution < 1.29 is 9.47 Å². The number of methoxy groups -OCH3 is 2. The average Bonchev–Trinajstić information content (AvgIpc) is 2.91. The lowest BCUT2D eigenvalue weighted by atomic mass is 10.1. The van der Waals surface area contributed by atoms with Gasteiger partial charge in [0.25, 0.3) is 0 Å². The van der Waals surface area contributed by atoms with E-state index in [0.717, 1.165) is 27.2 Å². The van der Waals surface area contributed by atoms with Crippen molar-refractivity contribution in [3.63, 3.8) is 0 Å². The number of rotatable bonds is 4. The second-order valence-electron chi connectivity index (χ2n) is 4.77. The summed E-state index contributed by atoms with van der Waals surface area (Å²) in [7, 11) is 3.28. The number of hydrogen-bond donors (Lipinski definition) is 1. The minimum Gasteiger partial charge on any atom is -0.496 e. The van der Waals surface area contributed by atoms with Crippen LogP contribution in [-0.2, 0) is 0 Å². The van der Waals surface area contributed by atoms with Gasteiger partial charge in [-0.15, -0.1) is 10.2 Å². The van der Waals surface area contributed by atoms with E-state index in [-0.39, 0.29) is 0 Å². The van der Waals surface area contributed by atoms with Gasteiger partial charge in [-0.25, -0.2) is 4.98 Å². The molecule has 114 valence electrons. The highest BCUT2D eigenvalue weighted by molar-refractivity contribution is 7.15. The zero-order valence-corrected chi connectivity index (χ0v) is 13.6. The zero-order valence-electron chi connectivity index (χ0n) is 12.8. The van der Waals surface area contributed by atoms with Crippen LogP contribution in [-0.4, -0.2) is 29.4 Å². The molecule has 2 aromatic heterocycles. The molecule has 0 atom stereocenters. The molecule has 0 saturated carbocycles. The van der Waals surface area contributed by atoms with E-state index in [1.165, 1.54) is 11.3 Å². The first-order chi connectivity index (χ1) is 10.6. The number of nitrogens with zero attached hydrogens (tertiary/aromatic N) is 3. The molecule has 2 heterocycles. The van der Waals surface area contributed by atoms with Crippen molar-refractivity contribution in [2.24, 2.45) is 0 Å². The first-order valence-electron chi connectivity index (χ1n) is 6.72. The van der Waals surface area contributed by atoms with Crippen LogP contribution >= 0.6 is 11.3 Å². The summed E-state index contributed by atoms with van der Waals surface area (Å²) in [5, 5.41) is 13.8. The first-order valence-corrected chi connectivity index (χ1v) is 7.53. The molecule has 0 aliphatic rings. The molecule has 22 heavy (non-hydrogen) atoms. The molecule has 6 nitrogen and oxygen atoms in total. The minimum atomic E-state index is 0.702. The molecule has 1 N–H and O–H groups in total. The van der Waals surface area contributed by atoms with Gasteiger partial charge in [-0.2, -0.15) is 0 Å². The lowest BCUT2D eigenvalue weighted by Crippen LogP contribution is -1.98. The smallest absolute Gasteiger partial charge is 0.211 e. The van der Waals surface area contributed by atoms with E-state index in [0.29, 0.717) is 16.7 Å². The fourth-order valence-corrected chi connectivity index (χ4v) is 2.93. The summed E-state index contributed by atoms with van der Waals surface area (Å²) in [5.74, 6) is 2.18. The first kappa shape index (κ1) is 14.5. The molecule has 3 aromatic rings. The molecular formula is C15H16N4O2S. The number of aromatic nitrogens is 3. The number of benzene rings is 1. The highest BCUT2D eigenvalue weighted by Crippen LogP contribution is 2.35. The SMILES string of the molecule is COc1ccc(OC)c2c(C)cc(Nc3nnc(C)s3)nc12. The van der Waals surface area contributed by atoms with E-state index in [4.69, 9.17) is 9.47 Å². The van der Waals surface area contributed by atoms with Crippen molar-refractivity contribution in [2.75, 3.05) is 19.5 Å². The van der Waals surface area contributed by atoms with Gasteiger partial charge in [0.15, 0.2) is 0 Å². The maximum absolute atomic E-state index is 5.43. The van der Waals surface area contributed by atoms with Gasteiger partial charge in [-0.05, 0) is 37.6 Å². The van der Waals surface area contributed by atoms with Crippen LogP contribution in [0.15, 0.2) is 18.2 Å². The van der Waals surface area contributed by atoms with E-state index >= 15 is 0 Å². The molecule has 1 aromatic carbocycles. The van der Waals surface area contributed by atoms with Gasteiger partial charge in [-0.3, -0.25) is 0 Å². The molecular weight excluding hydrogens is 300 g/mol. The van der Waals surface area contributed by atoms with Crippen LogP contribution < -0.4 is 14.8 Å². The van der Waals surface area contributed by atoms with Crippen molar-refractivity contribution in [3.8, 4) is 11.5 Å². The van der Waals surface area contributed by atoms with Crippen LogP contribution in [0.4, 0.5) is 10.9 Å². The number of hydrogen-bond acceptors (Lipinski definition) is 7. The molecule has 0 saturated heterocycles. The molecule has 0 radical (unpaired) electrons. The third-order valence-electron chi connectivity index (χ3n) is 3.28. The average molecular weight is 316 g/mol. The van der Waals surface area contributed by atoms with Gasteiger partial charge >= 0.3 is 0 Å². The molecule has 7 heteroatoms. The van der Waals surface area contributed by atoms with Gasteiger partial charge in [0, 0.05) is 5.39 Å². The van der Waals surface area contributed by atoms with Crippen molar-refractivity contribution in [2.45, 2.75) is 13.8 Å². The van der Waals surface area contributed by atoms with Crippen molar-refractivity contribution >= 4 is 33.2 Å². The highest BCUT2D eigenvalue weighted by atomic mass is 32.1. The fraction of sp³-hybridized carbons (Fsp3) is 0.267. The standard InChI is InChI=1S/C15H16N4O2S/c1-8-7-12(17-15-19-18-9(2)22-15)16-14-11(21-4)6-5-10(20-3)13(8)14/h5-7H,1-4H3,(H,16,17,19). The topological polar surface area (TPSA) is 69.2 Å². The van der Waals surface area contributed by atoms with E-state index in [2.05, 4.69) is 20.5 Å². The summed E-state index contributed by atoms with van der Waals surface area (Å²) < 4.78 is 10.9. The number of nitrogens with one attached hydrogen (secondary N) is 1. The molecule has 0 fully saturated rings. The molecule has 0 aliphatic carbocycles. The summed E-state index contributed by atoms with van der Waals surface area (Å²) in [6.45, 7) is 3.93. The predicted octanol–water partition coefficient (Wildman–Crippen LogP) is 3.46.